The van der Waals surface area contributed by atoms with E-state index in [0.717, 1.165) is 0 Å². The molecule has 2 N–H and O–H groups in total. The molecule has 0 radical (unpaired) electrons. The molecule has 0 aliphatic heterocycles. The first-order valence-electron chi connectivity index (χ1n) is 4.86. The topological polar surface area (TPSA) is 82.5 Å². The number of nitrogens with one attached hydrogen (secondary N) is 1. The highest BCUT2D eigenvalue weighted by molar-refractivity contribution is 7.13. The van der Waals surface area contributed by atoms with Crippen LogP contribution in [0.5, 0.6) is 0 Å². The molecule has 0 unspecified atom stereocenters. The number of carboxylic acid groups (broad SMARTS) is 1. The Morgan fingerprint density at radius 2 is 2.35 bits per heavy atom. The molecule has 1 rings (SSSR count). The lowest BCUT2D eigenvalue weighted by Crippen LogP contribution is -2.36. The zero-order chi connectivity index (χ0) is 12.7. The van der Waals surface area contributed by atoms with E-state index in [4.69, 9.17) is 5.11 Å². The fraction of sp³-hybridized carbons (Fsp3) is 0.300. The smallest absolute Gasteiger partial charge is 0.317 e. The summed E-state index contributed by atoms with van der Waals surface area (Å²) in [5.41, 5.74) is 0. The van der Waals surface area contributed by atoms with Crippen LogP contribution < -0.4 is 5.32 Å². The van der Waals surface area contributed by atoms with Crippen LogP contribution in [0.4, 0.5) is 5.13 Å². The molecule has 6 nitrogen and oxygen atoms in total. The van der Waals surface area contributed by atoms with Crippen LogP contribution in [0.25, 0.3) is 0 Å². The second-order valence-electron chi connectivity index (χ2n) is 3.24. The lowest BCUT2D eigenvalue weighted by molar-refractivity contribution is -0.138. The maximum atomic E-state index is 11.6. The lowest BCUT2D eigenvalue weighted by Gasteiger charge is -2.16. The largest absolute Gasteiger partial charge is 0.480 e. The summed E-state index contributed by atoms with van der Waals surface area (Å²) in [6, 6.07) is 0. The number of thiazole rings is 1. The molecule has 1 aromatic heterocycles. The van der Waals surface area contributed by atoms with E-state index in [9.17, 15) is 9.59 Å². The van der Waals surface area contributed by atoms with Crippen molar-refractivity contribution in [3.63, 3.8) is 0 Å². The third-order valence-electron chi connectivity index (χ3n) is 1.79. The second-order valence-corrected chi connectivity index (χ2v) is 4.13. The molecule has 0 saturated heterocycles. The van der Waals surface area contributed by atoms with E-state index in [-0.39, 0.29) is 19.0 Å². The fourth-order valence-corrected chi connectivity index (χ4v) is 1.75. The van der Waals surface area contributed by atoms with Gasteiger partial charge in [0.25, 0.3) is 0 Å². The predicted octanol–water partition coefficient (Wildman–Crippen LogP) is 0.654. The van der Waals surface area contributed by atoms with Gasteiger partial charge in [-0.1, -0.05) is 6.08 Å². The maximum absolute atomic E-state index is 11.6. The Kier molecular flexibility index (Phi) is 5.31. The number of carboxylic acids is 1. The van der Waals surface area contributed by atoms with E-state index in [2.05, 4.69) is 16.9 Å². The zero-order valence-electron chi connectivity index (χ0n) is 9.13. The van der Waals surface area contributed by atoms with E-state index in [1.807, 2.05) is 0 Å². The number of aliphatic carboxylic acids is 1. The Morgan fingerprint density at radius 1 is 1.59 bits per heavy atom. The Balaban J connectivity index is 2.45. The number of nitrogens with zero attached hydrogens (tertiary/aromatic N) is 2. The SMILES string of the molecule is C=CCN(CC(=O)O)CC(=O)Nc1nccs1. The van der Waals surface area contributed by atoms with Gasteiger partial charge in [-0.05, 0) is 0 Å². The molecular weight excluding hydrogens is 242 g/mol. The van der Waals surface area contributed by atoms with Gasteiger partial charge in [-0.15, -0.1) is 17.9 Å². The Labute approximate surface area is 103 Å². The number of amides is 1. The second kappa shape index (κ2) is 6.77. The van der Waals surface area contributed by atoms with Crippen molar-refractivity contribution in [3.05, 3.63) is 24.2 Å². The normalized spacial score (nSPS) is 10.2. The highest BCUT2D eigenvalue weighted by atomic mass is 32.1. The summed E-state index contributed by atoms with van der Waals surface area (Å²) in [6.45, 7) is 3.66. The summed E-state index contributed by atoms with van der Waals surface area (Å²) in [5.74, 6) is -1.27. The summed E-state index contributed by atoms with van der Waals surface area (Å²) in [4.78, 5) is 27.5. The third kappa shape index (κ3) is 5.23. The Morgan fingerprint density at radius 3 is 2.88 bits per heavy atom. The van der Waals surface area contributed by atoms with Crippen LogP contribution in [0.15, 0.2) is 24.2 Å². The molecule has 17 heavy (non-hydrogen) atoms. The van der Waals surface area contributed by atoms with Gasteiger partial charge >= 0.3 is 5.97 Å². The molecule has 1 heterocycles. The molecule has 1 amide bonds. The number of anilines is 1. The average molecular weight is 255 g/mol. The molecule has 0 atom stereocenters. The van der Waals surface area contributed by atoms with Crippen LogP contribution in [0, 0.1) is 0 Å². The van der Waals surface area contributed by atoms with Crippen molar-refractivity contribution in [2.24, 2.45) is 0 Å². The van der Waals surface area contributed by atoms with E-state index in [0.29, 0.717) is 11.7 Å². The number of rotatable bonds is 7. The summed E-state index contributed by atoms with van der Waals surface area (Å²) in [6.07, 6.45) is 3.14. The number of hydrogen-bond acceptors (Lipinski definition) is 5. The summed E-state index contributed by atoms with van der Waals surface area (Å²) < 4.78 is 0. The summed E-state index contributed by atoms with van der Waals surface area (Å²) >= 11 is 1.31. The number of carbonyl (C=O) groups is 2. The monoisotopic (exact) mass is 255 g/mol. The van der Waals surface area contributed by atoms with Crippen LogP contribution in [0.3, 0.4) is 0 Å². The van der Waals surface area contributed by atoms with Gasteiger partial charge in [0, 0.05) is 18.1 Å². The van der Waals surface area contributed by atoms with E-state index < -0.39 is 5.97 Å². The van der Waals surface area contributed by atoms with Crippen molar-refractivity contribution in [2.45, 2.75) is 0 Å². The van der Waals surface area contributed by atoms with Gasteiger partial charge in [-0.2, -0.15) is 0 Å². The molecule has 0 spiro atoms. The minimum Gasteiger partial charge on any atom is -0.480 e. The van der Waals surface area contributed by atoms with E-state index in [1.165, 1.54) is 16.2 Å². The van der Waals surface area contributed by atoms with E-state index >= 15 is 0 Å². The van der Waals surface area contributed by atoms with Crippen molar-refractivity contribution in [1.82, 2.24) is 9.88 Å². The average Bonchev–Trinajstić information content (AvgIpc) is 2.69. The van der Waals surface area contributed by atoms with Crippen molar-refractivity contribution in [1.29, 1.82) is 0 Å². The first-order valence-corrected chi connectivity index (χ1v) is 5.74. The standard InChI is InChI=1S/C10H13N3O3S/c1-2-4-13(7-9(15)16)6-8(14)12-10-11-3-5-17-10/h2-3,5H,1,4,6-7H2,(H,15,16)(H,11,12,14). The minimum atomic E-state index is -0.978. The van der Waals surface area contributed by atoms with Gasteiger partial charge in [0.05, 0.1) is 13.1 Å². The first kappa shape index (κ1) is 13.3. The molecule has 1 aromatic rings. The van der Waals surface area contributed by atoms with Crippen LogP contribution in [-0.2, 0) is 9.59 Å². The van der Waals surface area contributed by atoms with E-state index in [1.54, 1.807) is 17.7 Å². The van der Waals surface area contributed by atoms with Gasteiger partial charge in [0.2, 0.25) is 5.91 Å². The highest BCUT2D eigenvalue weighted by Crippen LogP contribution is 2.09. The zero-order valence-corrected chi connectivity index (χ0v) is 9.94. The molecule has 0 aliphatic rings. The number of carbonyl (C=O) groups excluding carboxylic acids is 1. The number of aromatic nitrogens is 1. The van der Waals surface area contributed by atoms with Gasteiger partial charge < -0.3 is 10.4 Å². The molecular formula is C10H13N3O3S. The summed E-state index contributed by atoms with van der Waals surface area (Å²) in [7, 11) is 0. The van der Waals surface area contributed by atoms with Gasteiger partial charge in [-0.25, -0.2) is 4.98 Å². The molecule has 0 aliphatic carbocycles. The van der Waals surface area contributed by atoms with Gasteiger partial charge in [0.1, 0.15) is 0 Å². The van der Waals surface area contributed by atoms with Crippen LogP contribution in [-0.4, -0.2) is 46.5 Å². The lowest BCUT2D eigenvalue weighted by atomic mass is 10.4. The predicted molar refractivity (Wildman–Crippen MR) is 65.0 cm³/mol. The quantitative estimate of drug-likeness (QED) is 0.699. The fourth-order valence-electron chi connectivity index (χ4n) is 1.21. The van der Waals surface area contributed by atoms with Crippen LogP contribution in [0.2, 0.25) is 0 Å². The highest BCUT2D eigenvalue weighted by Gasteiger charge is 2.13. The van der Waals surface area contributed by atoms with Crippen molar-refractivity contribution in [3.8, 4) is 0 Å². The van der Waals surface area contributed by atoms with Crippen molar-refractivity contribution in [2.75, 3.05) is 25.0 Å². The first-order chi connectivity index (χ1) is 8.11. The Bertz CT molecular complexity index is 392. The number of hydrogen-bond donors (Lipinski definition) is 2. The van der Waals surface area contributed by atoms with Crippen LogP contribution >= 0.6 is 11.3 Å². The molecule has 7 heteroatoms. The molecule has 0 bridgehead atoms. The van der Waals surface area contributed by atoms with Gasteiger partial charge in [0.15, 0.2) is 5.13 Å². The van der Waals surface area contributed by atoms with Crippen molar-refractivity contribution < 1.29 is 14.7 Å². The minimum absolute atomic E-state index is 0.00208. The molecule has 92 valence electrons. The van der Waals surface area contributed by atoms with Crippen LogP contribution in [0.1, 0.15) is 0 Å². The Hall–Kier alpha value is -1.73. The van der Waals surface area contributed by atoms with Gasteiger partial charge in [-0.3, -0.25) is 14.5 Å². The molecule has 0 fully saturated rings. The summed E-state index contributed by atoms with van der Waals surface area (Å²) in [5, 5.41) is 13.5. The third-order valence-corrected chi connectivity index (χ3v) is 2.48. The van der Waals surface area contributed by atoms with Crippen molar-refractivity contribution >= 4 is 28.3 Å². The molecule has 0 saturated carbocycles. The maximum Gasteiger partial charge on any atom is 0.317 e. The molecule has 0 aromatic carbocycles.